The van der Waals surface area contributed by atoms with Crippen molar-refractivity contribution in [1.29, 1.82) is 0 Å². The van der Waals surface area contributed by atoms with Crippen LogP contribution in [0.15, 0.2) is 18.2 Å². The number of fused-ring (bicyclic) bond motifs is 1. The first-order valence-electron chi connectivity index (χ1n) is 5.62. The lowest BCUT2D eigenvalue weighted by Crippen LogP contribution is -2.34. The van der Waals surface area contributed by atoms with Gasteiger partial charge in [0.15, 0.2) is 0 Å². The highest BCUT2D eigenvalue weighted by Gasteiger charge is 2.18. The fourth-order valence-electron chi connectivity index (χ4n) is 2.19. The number of nitrogens with zero attached hydrogens (tertiary/aromatic N) is 1. The number of benzene rings is 1. The van der Waals surface area contributed by atoms with E-state index in [1.54, 1.807) is 0 Å². The highest BCUT2D eigenvalue weighted by atomic mass is 16.5. The second-order valence-corrected chi connectivity index (χ2v) is 4.23. The third-order valence-corrected chi connectivity index (χ3v) is 3.00. The Hall–Kier alpha value is -1.51. The largest absolute Gasteiger partial charge is 0.468 e. The molecule has 3 nitrogen and oxygen atoms in total. The predicted octanol–water partition coefficient (Wildman–Crippen LogP) is 1.92. The number of anilines is 1. The van der Waals surface area contributed by atoms with E-state index in [0.717, 1.165) is 19.4 Å². The van der Waals surface area contributed by atoms with Crippen molar-refractivity contribution in [2.24, 2.45) is 0 Å². The highest BCUT2D eigenvalue weighted by Crippen LogP contribution is 2.27. The summed E-state index contributed by atoms with van der Waals surface area (Å²) in [5.41, 5.74) is 3.80. The van der Waals surface area contributed by atoms with E-state index >= 15 is 0 Å². The molecule has 2 rings (SSSR count). The van der Waals surface area contributed by atoms with E-state index in [1.165, 1.54) is 23.9 Å². The van der Waals surface area contributed by atoms with Crippen LogP contribution in [0.1, 0.15) is 17.5 Å². The lowest BCUT2D eigenvalue weighted by atomic mass is 10.00. The lowest BCUT2D eigenvalue weighted by molar-refractivity contribution is -0.138. The van der Waals surface area contributed by atoms with Gasteiger partial charge in [-0.3, -0.25) is 4.79 Å². The van der Waals surface area contributed by atoms with E-state index in [0.29, 0.717) is 6.54 Å². The van der Waals surface area contributed by atoms with Gasteiger partial charge in [-0.1, -0.05) is 17.7 Å². The molecule has 3 heteroatoms. The van der Waals surface area contributed by atoms with Gasteiger partial charge < -0.3 is 9.64 Å². The Bertz CT molecular complexity index is 401. The number of methoxy groups -OCH3 is 1. The first-order chi connectivity index (χ1) is 7.70. The number of hydrogen-bond donors (Lipinski definition) is 0. The van der Waals surface area contributed by atoms with Crippen LogP contribution in [0.5, 0.6) is 0 Å². The molecular weight excluding hydrogens is 202 g/mol. The first-order valence-corrected chi connectivity index (χ1v) is 5.62. The summed E-state index contributed by atoms with van der Waals surface area (Å²) in [5, 5.41) is 0. The Morgan fingerprint density at radius 2 is 2.31 bits per heavy atom. The lowest BCUT2D eigenvalue weighted by Gasteiger charge is -2.30. The number of ether oxygens (including phenoxy) is 1. The van der Waals surface area contributed by atoms with Crippen LogP contribution in [0, 0.1) is 6.92 Å². The normalized spacial score (nSPS) is 14.5. The molecule has 0 saturated heterocycles. The Balaban J connectivity index is 2.23. The molecular formula is C13H17NO2. The van der Waals surface area contributed by atoms with Gasteiger partial charge in [-0.2, -0.15) is 0 Å². The Kier molecular flexibility index (Phi) is 3.13. The highest BCUT2D eigenvalue weighted by molar-refractivity contribution is 5.76. The van der Waals surface area contributed by atoms with Crippen LogP contribution in [0.2, 0.25) is 0 Å². The second-order valence-electron chi connectivity index (χ2n) is 4.23. The molecule has 0 radical (unpaired) electrons. The average molecular weight is 219 g/mol. The number of aryl methyl sites for hydroxylation is 2. The minimum atomic E-state index is -0.173. The first kappa shape index (κ1) is 11.0. The molecule has 0 N–H and O–H groups in total. The summed E-state index contributed by atoms with van der Waals surface area (Å²) in [7, 11) is 1.43. The minimum absolute atomic E-state index is 0.173. The van der Waals surface area contributed by atoms with Gasteiger partial charge in [0, 0.05) is 12.2 Å². The fraction of sp³-hybridized carbons (Fsp3) is 0.462. The van der Waals surface area contributed by atoms with Gasteiger partial charge in [0.05, 0.1) is 7.11 Å². The summed E-state index contributed by atoms with van der Waals surface area (Å²) in [4.78, 5) is 13.4. The van der Waals surface area contributed by atoms with Crippen molar-refractivity contribution in [2.45, 2.75) is 19.8 Å². The third kappa shape index (κ3) is 2.18. The maximum Gasteiger partial charge on any atom is 0.325 e. The predicted molar refractivity (Wildman–Crippen MR) is 63.7 cm³/mol. The van der Waals surface area contributed by atoms with E-state index in [4.69, 9.17) is 4.74 Å². The van der Waals surface area contributed by atoms with Crippen molar-refractivity contribution in [3.8, 4) is 0 Å². The van der Waals surface area contributed by atoms with Gasteiger partial charge in [-0.25, -0.2) is 0 Å². The zero-order chi connectivity index (χ0) is 11.5. The monoisotopic (exact) mass is 219 g/mol. The van der Waals surface area contributed by atoms with Gasteiger partial charge in [0.2, 0.25) is 0 Å². The molecule has 86 valence electrons. The van der Waals surface area contributed by atoms with E-state index in [9.17, 15) is 4.79 Å². The molecule has 0 aliphatic carbocycles. The number of carbonyl (C=O) groups is 1. The summed E-state index contributed by atoms with van der Waals surface area (Å²) in [6.07, 6.45) is 2.21. The van der Waals surface area contributed by atoms with Crippen molar-refractivity contribution >= 4 is 11.7 Å². The van der Waals surface area contributed by atoms with Crippen molar-refractivity contribution in [3.05, 3.63) is 29.3 Å². The van der Waals surface area contributed by atoms with E-state index < -0.39 is 0 Å². The summed E-state index contributed by atoms with van der Waals surface area (Å²) >= 11 is 0. The fourth-order valence-corrected chi connectivity index (χ4v) is 2.19. The average Bonchev–Trinajstić information content (AvgIpc) is 2.28. The molecule has 0 bridgehead atoms. The molecule has 1 aromatic rings. The quantitative estimate of drug-likeness (QED) is 0.712. The zero-order valence-corrected chi connectivity index (χ0v) is 9.82. The number of rotatable bonds is 2. The van der Waals surface area contributed by atoms with Crippen molar-refractivity contribution in [2.75, 3.05) is 25.1 Å². The van der Waals surface area contributed by atoms with Crippen LogP contribution in [0.25, 0.3) is 0 Å². The van der Waals surface area contributed by atoms with Crippen LogP contribution in [0.4, 0.5) is 5.69 Å². The Morgan fingerprint density at radius 1 is 1.50 bits per heavy atom. The zero-order valence-electron chi connectivity index (χ0n) is 9.82. The Labute approximate surface area is 96.0 Å². The minimum Gasteiger partial charge on any atom is -0.468 e. The van der Waals surface area contributed by atoms with Crippen LogP contribution in [-0.4, -0.2) is 26.2 Å². The van der Waals surface area contributed by atoms with Gasteiger partial charge >= 0.3 is 5.97 Å². The molecule has 0 atom stereocenters. The molecule has 0 spiro atoms. The van der Waals surface area contributed by atoms with Crippen LogP contribution in [-0.2, 0) is 16.0 Å². The maximum absolute atomic E-state index is 11.3. The van der Waals surface area contributed by atoms with Gasteiger partial charge in [0.25, 0.3) is 0 Å². The molecule has 0 aromatic heterocycles. The van der Waals surface area contributed by atoms with Crippen molar-refractivity contribution in [1.82, 2.24) is 0 Å². The second kappa shape index (κ2) is 4.56. The van der Waals surface area contributed by atoms with E-state index in [-0.39, 0.29) is 5.97 Å². The molecule has 1 aliphatic heterocycles. The Morgan fingerprint density at radius 3 is 3.06 bits per heavy atom. The molecule has 0 fully saturated rings. The molecule has 0 unspecified atom stereocenters. The number of esters is 1. The van der Waals surface area contributed by atoms with Crippen molar-refractivity contribution < 1.29 is 9.53 Å². The molecule has 1 aromatic carbocycles. The maximum atomic E-state index is 11.3. The molecule has 1 heterocycles. The van der Waals surface area contributed by atoms with Crippen LogP contribution >= 0.6 is 0 Å². The smallest absolute Gasteiger partial charge is 0.325 e. The van der Waals surface area contributed by atoms with Crippen molar-refractivity contribution in [3.63, 3.8) is 0 Å². The molecule has 16 heavy (non-hydrogen) atoms. The van der Waals surface area contributed by atoms with Gasteiger partial charge in [0.1, 0.15) is 6.54 Å². The van der Waals surface area contributed by atoms with Crippen LogP contribution in [0.3, 0.4) is 0 Å². The summed E-state index contributed by atoms with van der Waals surface area (Å²) < 4.78 is 4.71. The van der Waals surface area contributed by atoms with E-state index in [2.05, 4.69) is 30.0 Å². The molecule has 1 aliphatic rings. The number of hydrogen-bond acceptors (Lipinski definition) is 3. The topological polar surface area (TPSA) is 29.5 Å². The molecule has 0 saturated carbocycles. The SMILES string of the molecule is COC(=O)CN1CCCc2cc(C)ccc21. The van der Waals surface area contributed by atoms with E-state index in [1.807, 2.05) is 0 Å². The van der Waals surface area contributed by atoms with Crippen LogP contribution < -0.4 is 4.90 Å². The summed E-state index contributed by atoms with van der Waals surface area (Å²) in [5.74, 6) is -0.173. The van der Waals surface area contributed by atoms with Gasteiger partial charge in [-0.15, -0.1) is 0 Å². The van der Waals surface area contributed by atoms with Gasteiger partial charge in [-0.05, 0) is 31.4 Å². The summed E-state index contributed by atoms with van der Waals surface area (Å²) in [6.45, 7) is 3.39. The standard InChI is InChI=1S/C13H17NO2/c1-10-5-6-12-11(8-10)4-3-7-14(12)9-13(15)16-2/h5-6,8H,3-4,7,9H2,1-2H3. The number of carbonyl (C=O) groups excluding carboxylic acids is 1. The summed E-state index contributed by atoms with van der Waals surface area (Å²) in [6, 6.07) is 6.40. The third-order valence-electron chi connectivity index (χ3n) is 3.00. The molecule has 0 amide bonds.